The largest absolute Gasteiger partial charge is 0.491 e. The number of nitrogens with zero attached hydrogens (tertiary/aromatic N) is 1. The van der Waals surface area contributed by atoms with Crippen LogP contribution in [0.15, 0.2) is 35.9 Å². The van der Waals surface area contributed by atoms with Crippen molar-refractivity contribution in [1.29, 1.82) is 0 Å². The van der Waals surface area contributed by atoms with Crippen LogP contribution in [0.25, 0.3) is 0 Å². The molecule has 1 atom stereocenters. The summed E-state index contributed by atoms with van der Waals surface area (Å²) in [6.07, 6.45) is 3.32. The second-order valence-corrected chi connectivity index (χ2v) is 6.80. The van der Waals surface area contributed by atoms with Crippen molar-refractivity contribution < 1.29 is 14.6 Å². The maximum atomic E-state index is 12.1. The number of aliphatic hydroxyl groups is 1. The molecule has 3 aliphatic heterocycles. The van der Waals surface area contributed by atoms with Crippen molar-refractivity contribution in [3.05, 3.63) is 41.5 Å². The van der Waals surface area contributed by atoms with Gasteiger partial charge in [0, 0.05) is 19.2 Å². The number of aryl methyl sites for hydroxylation is 1. The number of benzene rings is 1. The van der Waals surface area contributed by atoms with Gasteiger partial charge < -0.3 is 15.2 Å². The molecule has 0 saturated carbocycles. The Morgan fingerprint density at radius 2 is 2.25 bits per heavy atom. The third kappa shape index (κ3) is 4.58. The smallest absolute Gasteiger partial charge is 0.244 e. The van der Waals surface area contributed by atoms with Crippen LogP contribution >= 0.6 is 0 Å². The lowest BCUT2D eigenvalue weighted by Gasteiger charge is -2.40. The maximum absolute atomic E-state index is 12.1. The Bertz CT molecular complexity index is 606. The highest BCUT2D eigenvalue weighted by Crippen LogP contribution is 2.31. The van der Waals surface area contributed by atoms with Gasteiger partial charge >= 0.3 is 0 Å². The number of ether oxygens (including phenoxy) is 1. The fraction of sp³-hybridized carbons (Fsp3) is 0.526. The number of fused-ring (bicyclic) bond motifs is 3. The van der Waals surface area contributed by atoms with E-state index in [1.54, 1.807) is 6.08 Å². The van der Waals surface area contributed by atoms with E-state index in [-0.39, 0.29) is 19.1 Å². The lowest BCUT2D eigenvalue weighted by molar-refractivity contribution is -0.117. The van der Waals surface area contributed by atoms with E-state index in [0.717, 1.165) is 43.8 Å². The van der Waals surface area contributed by atoms with Crippen LogP contribution in [0.3, 0.4) is 0 Å². The van der Waals surface area contributed by atoms with E-state index < -0.39 is 6.10 Å². The molecule has 1 aromatic carbocycles. The summed E-state index contributed by atoms with van der Waals surface area (Å²) in [5.74, 6) is 1.18. The highest BCUT2D eigenvalue weighted by molar-refractivity contribution is 5.88. The SMILES string of the molecule is Cc1cccc(OCC(O)CNC(=O)/C=C2/CN3CCC2CC3)c1. The monoisotopic (exact) mass is 330 g/mol. The summed E-state index contributed by atoms with van der Waals surface area (Å²) in [4.78, 5) is 14.4. The summed E-state index contributed by atoms with van der Waals surface area (Å²) >= 11 is 0. The molecule has 3 fully saturated rings. The second kappa shape index (κ2) is 7.81. The Balaban J connectivity index is 1.41. The second-order valence-electron chi connectivity index (χ2n) is 6.80. The molecule has 3 aliphatic rings. The minimum absolute atomic E-state index is 0.117. The Morgan fingerprint density at radius 1 is 1.46 bits per heavy atom. The molecule has 2 N–H and O–H groups in total. The number of aliphatic hydroxyl groups excluding tert-OH is 1. The van der Waals surface area contributed by atoms with Crippen LogP contribution in [0, 0.1) is 12.8 Å². The first-order valence-corrected chi connectivity index (χ1v) is 8.68. The van der Waals surface area contributed by atoms with Gasteiger partial charge in [0.1, 0.15) is 18.5 Å². The van der Waals surface area contributed by atoms with Gasteiger partial charge in [-0.15, -0.1) is 0 Å². The van der Waals surface area contributed by atoms with Gasteiger partial charge in [0.15, 0.2) is 0 Å². The van der Waals surface area contributed by atoms with E-state index >= 15 is 0 Å². The molecule has 3 heterocycles. The predicted molar refractivity (Wildman–Crippen MR) is 92.9 cm³/mol. The van der Waals surface area contributed by atoms with Gasteiger partial charge in [-0.05, 0) is 62.0 Å². The van der Waals surface area contributed by atoms with Gasteiger partial charge in [-0.2, -0.15) is 0 Å². The summed E-state index contributed by atoms with van der Waals surface area (Å²) in [7, 11) is 0. The highest BCUT2D eigenvalue weighted by atomic mass is 16.5. The van der Waals surface area contributed by atoms with Crippen molar-refractivity contribution in [3.63, 3.8) is 0 Å². The molecule has 4 rings (SSSR count). The minimum atomic E-state index is -0.723. The van der Waals surface area contributed by atoms with Gasteiger partial charge in [-0.1, -0.05) is 12.1 Å². The molecule has 1 unspecified atom stereocenters. The number of rotatable bonds is 6. The molecule has 0 aromatic heterocycles. The number of carbonyl (C=O) groups is 1. The standard InChI is InChI=1S/C19H26N2O3/c1-14-3-2-4-18(9-14)24-13-17(22)11-20-19(23)10-16-12-21-7-5-15(16)6-8-21/h2-4,9-10,15,17,22H,5-8,11-13H2,1H3,(H,20,23)/b16-10-. The number of amides is 1. The molecule has 24 heavy (non-hydrogen) atoms. The van der Waals surface area contributed by atoms with Crippen molar-refractivity contribution in [2.75, 3.05) is 32.8 Å². The summed E-state index contributed by atoms with van der Waals surface area (Å²) < 4.78 is 5.55. The van der Waals surface area contributed by atoms with Crippen LogP contribution in [0.4, 0.5) is 0 Å². The molecule has 1 aromatic rings. The molecule has 0 spiro atoms. The van der Waals surface area contributed by atoms with Crippen LogP contribution in [-0.2, 0) is 4.79 Å². The number of hydrogen-bond donors (Lipinski definition) is 2. The third-order valence-corrected chi connectivity index (χ3v) is 4.78. The number of piperidine rings is 3. The normalized spacial score (nSPS) is 25.5. The molecular weight excluding hydrogens is 304 g/mol. The molecular formula is C19H26N2O3. The van der Waals surface area contributed by atoms with Crippen LogP contribution in [0.2, 0.25) is 0 Å². The molecule has 2 bridgehead atoms. The highest BCUT2D eigenvalue weighted by Gasteiger charge is 2.29. The summed E-state index contributed by atoms with van der Waals surface area (Å²) in [6.45, 7) is 5.57. The Kier molecular flexibility index (Phi) is 5.53. The van der Waals surface area contributed by atoms with E-state index in [2.05, 4.69) is 10.2 Å². The minimum Gasteiger partial charge on any atom is -0.491 e. The van der Waals surface area contributed by atoms with E-state index in [0.29, 0.717) is 5.92 Å². The van der Waals surface area contributed by atoms with Crippen LogP contribution < -0.4 is 10.1 Å². The summed E-state index contributed by atoms with van der Waals surface area (Å²) in [5, 5.41) is 12.7. The zero-order chi connectivity index (χ0) is 16.9. The van der Waals surface area contributed by atoms with Crippen molar-refractivity contribution in [1.82, 2.24) is 10.2 Å². The molecule has 130 valence electrons. The van der Waals surface area contributed by atoms with E-state index in [1.165, 1.54) is 5.57 Å². The van der Waals surface area contributed by atoms with Crippen molar-refractivity contribution in [3.8, 4) is 5.75 Å². The van der Waals surface area contributed by atoms with E-state index in [4.69, 9.17) is 4.74 Å². The fourth-order valence-corrected chi connectivity index (χ4v) is 3.41. The first-order valence-electron chi connectivity index (χ1n) is 8.68. The number of hydrogen-bond acceptors (Lipinski definition) is 4. The van der Waals surface area contributed by atoms with Gasteiger partial charge in [0.25, 0.3) is 0 Å². The fourth-order valence-electron chi connectivity index (χ4n) is 3.41. The van der Waals surface area contributed by atoms with E-state index in [9.17, 15) is 9.90 Å². The summed E-state index contributed by atoms with van der Waals surface area (Å²) in [6, 6.07) is 7.68. The average Bonchev–Trinajstić information content (AvgIpc) is 2.59. The molecule has 3 saturated heterocycles. The lowest BCUT2D eigenvalue weighted by atomic mass is 9.83. The Morgan fingerprint density at radius 3 is 2.92 bits per heavy atom. The molecule has 5 nitrogen and oxygen atoms in total. The first kappa shape index (κ1) is 17.0. The Labute approximate surface area is 143 Å². The topological polar surface area (TPSA) is 61.8 Å². The molecule has 0 radical (unpaired) electrons. The third-order valence-electron chi connectivity index (χ3n) is 4.78. The molecule has 1 amide bonds. The number of nitrogens with one attached hydrogen (secondary N) is 1. The van der Waals surface area contributed by atoms with Gasteiger partial charge in [-0.25, -0.2) is 0 Å². The van der Waals surface area contributed by atoms with Crippen molar-refractivity contribution in [2.45, 2.75) is 25.9 Å². The lowest BCUT2D eigenvalue weighted by Crippen LogP contribution is -2.43. The predicted octanol–water partition coefficient (Wildman–Crippen LogP) is 1.50. The van der Waals surface area contributed by atoms with Gasteiger partial charge in [0.2, 0.25) is 5.91 Å². The molecule has 5 heteroatoms. The number of carbonyl (C=O) groups excluding carboxylic acids is 1. The Hall–Kier alpha value is -1.85. The van der Waals surface area contributed by atoms with Crippen LogP contribution in [-0.4, -0.2) is 54.8 Å². The van der Waals surface area contributed by atoms with Crippen molar-refractivity contribution >= 4 is 5.91 Å². The zero-order valence-corrected chi connectivity index (χ0v) is 14.2. The first-order chi connectivity index (χ1) is 11.6. The summed E-state index contributed by atoms with van der Waals surface area (Å²) in [5.41, 5.74) is 2.34. The van der Waals surface area contributed by atoms with Gasteiger partial charge in [0.05, 0.1) is 0 Å². The van der Waals surface area contributed by atoms with Crippen LogP contribution in [0.5, 0.6) is 5.75 Å². The van der Waals surface area contributed by atoms with Crippen molar-refractivity contribution in [2.24, 2.45) is 5.92 Å². The van der Waals surface area contributed by atoms with E-state index in [1.807, 2.05) is 31.2 Å². The van der Waals surface area contributed by atoms with Crippen LogP contribution in [0.1, 0.15) is 18.4 Å². The quantitative estimate of drug-likeness (QED) is 0.776. The average molecular weight is 330 g/mol. The molecule has 0 aliphatic carbocycles. The van der Waals surface area contributed by atoms with Gasteiger partial charge in [-0.3, -0.25) is 9.69 Å². The maximum Gasteiger partial charge on any atom is 0.244 e. The zero-order valence-electron chi connectivity index (χ0n) is 14.2.